The number of aromatic nitrogens is 1. The van der Waals surface area contributed by atoms with Crippen LogP contribution in [-0.2, 0) is 22.6 Å². The normalized spacial score (nSPS) is 18.5. The summed E-state index contributed by atoms with van der Waals surface area (Å²) in [5, 5.41) is 2.53. The zero-order valence-corrected chi connectivity index (χ0v) is 18.0. The summed E-state index contributed by atoms with van der Waals surface area (Å²) in [5.74, 6) is 6.59. The average molecular weight is 441 g/mol. The number of fused-ring (bicyclic) bond motifs is 1. The highest BCUT2D eigenvalue weighted by Crippen LogP contribution is 2.32. The van der Waals surface area contributed by atoms with Gasteiger partial charge in [-0.05, 0) is 62.1 Å². The molecule has 2 aliphatic rings. The van der Waals surface area contributed by atoms with Crippen molar-refractivity contribution in [1.82, 2.24) is 20.6 Å². The van der Waals surface area contributed by atoms with Crippen LogP contribution in [0.3, 0.4) is 0 Å². The van der Waals surface area contributed by atoms with Gasteiger partial charge >= 0.3 is 0 Å². The second-order valence-electron chi connectivity index (χ2n) is 8.07. The molecule has 170 valence electrons. The van der Waals surface area contributed by atoms with Gasteiger partial charge in [-0.3, -0.25) is 25.6 Å². The van der Waals surface area contributed by atoms with Gasteiger partial charge in [0.25, 0.3) is 0 Å². The molecule has 32 heavy (non-hydrogen) atoms. The lowest BCUT2D eigenvalue weighted by molar-refractivity contribution is -0.134. The van der Waals surface area contributed by atoms with Gasteiger partial charge in [-0.15, -0.1) is 0 Å². The Morgan fingerprint density at radius 1 is 1.25 bits per heavy atom. The Morgan fingerprint density at radius 2 is 2.06 bits per heavy atom. The third-order valence-electron chi connectivity index (χ3n) is 5.90. The number of pyridine rings is 1. The Morgan fingerprint density at radius 3 is 2.84 bits per heavy atom. The van der Waals surface area contributed by atoms with E-state index < -0.39 is 11.9 Å². The molecule has 1 saturated heterocycles. The quantitative estimate of drug-likeness (QED) is 0.355. The van der Waals surface area contributed by atoms with Gasteiger partial charge in [0.1, 0.15) is 11.9 Å². The maximum atomic E-state index is 12.9. The van der Waals surface area contributed by atoms with Crippen LogP contribution >= 0.6 is 0 Å². The predicted molar refractivity (Wildman–Crippen MR) is 117 cm³/mol. The van der Waals surface area contributed by atoms with Gasteiger partial charge in [0.05, 0.1) is 6.04 Å². The molecule has 1 aromatic heterocycles. The number of nitrogen functional groups attached to an aromatic ring is 1. The Balaban J connectivity index is 1.37. The monoisotopic (exact) mass is 440 g/mol. The molecule has 0 aliphatic carbocycles. The van der Waals surface area contributed by atoms with E-state index in [0.717, 1.165) is 29.8 Å². The molecular weight excluding hydrogens is 412 g/mol. The third kappa shape index (κ3) is 4.82. The summed E-state index contributed by atoms with van der Waals surface area (Å²) in [6, 6.07) is 7.97. The molecule has 3 heterocycles. The van der Waals surface area contributed by atoms with E-state index in [2.05, 4.69) is 20.6 Å². The average Bonchev–Trinajstić information content (AvgIpc) is 3.42. The van der Waals surface area contributed by atoms with Crippen molar-refractivity contribution in [2.24, 2.45) is 5.84 Å². The molecule has 2 atom stereocenters. The molecule has 10 heteroatoms. The molecule has 2 aliphatic heterocycles. The van der Waals surface area contributed by atoms with Gasteiger partial charge in [0, 0.05) is 12.2 Å². The van der Waals surface area contributed by atoms with E-state index in [1.807, 2.05) is 25.1 Å². The molecular formula is C22H28N6O4. The summed E-state index contributed by atoms with van der Waals surface area (Å²) < 4.78 is 10.7. The molecule has 6 N–H and O–H groups in total. The van der Waals surface area contributed by atoms with Gasteiger partial charge in [0.15, 0.2) is 11.5 Å². The van der Waals surface area contributed by atoms with Crippen molar-refractivity contribution in [3.63, 3.8) is 0 Å². The van der Waals surface area contributed by atoms with Gasteiger partial charge in [-0.1, -0.05) is 12.1 Å². The van der Waals surface area contributed by atoms with E-state index in [1.54, 1.807) is 12.1 Å². The van der Waals surface area contributed by atoms with Crippen molar-refractivity contribution in [3.05, 3.63) is 47.2 Å². The topological polar surface area (TPSA) is 145 Å². The number of carbonyl (C=O) groups excluding carboxylic acids is 2. The number of hydrogen-bond donors (Lipinski definition) is 4. The maximum absolute atomic E-state index is 12.9. The SMILES string of the molecule is Cc1nc(N)ccc1CN1CCC[C@@H]1C(=O)NC(=O)C(Cc1ccc2c(c1)OCO2)NN. The maximum Gasteiger partial charge on any atom is 0.245 e. The molecule has 0 saturated carbocycles. The minimum Gasteiger partial charge on any atom is -0.454 e. The van der Waals surface area contributed by atoms with Crippen LogP contribution in [0.15, 0.2) is 30.3 Å². The highest BCUT2D eigenvalue weighted by molar-refractivity contribution is 6.00. The number of likely N-dealkylation sites (tertiary alicyclic amines) is 1. The molecule has 0 spiro atoms. The smallest absolute Gasteiger partial charge is 0.245 e. The number of benzene rings is 1. The number of hydrazine groups is 1. The fourth-order valence-corrected chi connectivity index (χ4v) is 4.13. The van der Waals surface area contributed by atoms with Crippen LogP contribution < -0.4 is 31.8 Å². The van der Waals surface area contributed by atoms with Crippen molar-refractivity contribution < 1.29 is 19.1 Å². The number of carbonyl (C=O) groups is 2. The number of aryl methyl sites for hydroxylation is 1. The Kier molecular flexibility index (Phi) is 6.54. The summed E-state index contributed by atoms with van der Waals surface area (Å²) in [4.78, 5) is 32.0. The first kappa shape index (κ1) is 22.0. The molecule has 1 unspecified atom stereocenters. The summed E-state index contributed by atoms with van der Waals surface area (Å²) >= 11 is 0. The van der Waals surface area contributed by atoms with Gasteiger partial charge in [-0.25, -0.2) is 10.4 Å². The van der Waals surface area contributed by atoms with Gasteiger partial charge in [-0.2, -0.15) is 0 Å². The lowest BCUT2D eigenvalue weighted by Crippen LogP contribution is -2.53. The van der Waals surface area contributed by atoms with Gasteiger partial charge in [0.2, 0.25) is 18.6 Å². The summed E-state index contributed by atoms with van der Waals surface area (Å²) in [6.45, 7) is 3.41. The minimum atomic E-state index is -0.766. The van der Waals surface area contributed by atoms with Crippen molar-refractivity contribution in [1.29, 1.82) is 0 Å². The van der Waals surface area contributed by atoms with E-state index in [0.29, 0.717) is 36.7 Å². The third-order valence-corrected chi connectivity index (χ3v) is 5.90. The number of rotatable bonds is 7. The van der Waals surface area contributed by atoms with Crippen molar-refractivity contribution in [2.45, 2.75) is 44.8 Å². The highest BCUT2D eigenvalue weighted by atomic mass is 16.7. The first-order chi connectivity index (χ1) is 15.4. The number of nitrogens with one attached hydrogen (secondary N) is 2. The van der Waals surface area contributed by atoms with Crippen LogP contribution in [0.5, 0.6) is 11.5 Å². The molecule has 0 radical (unpaired) electrons. The Bertz CT molecular complexity index is 1010. The molecule has 10 nitrogen and oxygen atoms in total. The highest BCUT2D eigenvalue weighted by Gasteiger charge is 2.33. The Labute approximate surface area is 186 Å². The zero-order valence-electron chi connectivity index (χ0n) is 18.0. The van der Waals surface area contributed by atoms with Crippen LogP contribution in [0.1, 0.15) is 29.7 Å². The van der Waals surface area contributed by atoms with E-state index in [1.165, 1.54) is 0 Å². The fourth-order valence-electron chi connectivity index (χ4n) is 4.13. The number of hydrogen-bond acceptors (Lipinski definition) is 9. The van der Waals surface area contributed by atoms with Crippen molar-refractivity contribution in [3.8, 4) is 11.5 Å². The van der Waals surface area contributed by atoms with E-state index in [4.69, 9.17) is 21.1 Å². The van der Waals surface area contributed by atoms with Crippen LogP contribution in [-0.4, -0.2) is 47.1 Å². The largest absolute Gasteiger partial charge is 0.454 e. The number of imide groups is 1. The number of amides is 2. The summed E-state index contributed by atoms with van der Waals surface area (Å²) in [5.41, 5.74) is 10.9. The zero-order chi connectivity index (χ0) is 22.7. The van der Waals surface area contributed by atoms with Crippen molar-refractivity contribution in [2.75, 3.05) is 19.1 Å². The van der Waals surface area contributed by atoms with E-state index in [9.17, 15) is 9.59 Å². The lowest BCUT2D eigenvalue weighted by atomic mass is 10.0. The standard InChI is InChI=1S/C22H28N6O4/c1-13-15(5-7-20(23)25-13)11-28-8-2-3-17(28)22(30)26-21(29)16(27-24)9-14-4-6-18-19(10-14)32-12-31-18/h4-7,10,16-17,27H,2-3,8-9,11-12,24H2,1H3,(H2,23,25)(H,26,29,30)/t16?,17-/m1/s1. The first-order valence-corrected chi connectivity index (χ1v) is 10.6. The van der Waals surface area contributed by atoms with E-state index in [-0.39, 0.29) is 18.7 Å². The summed E-state index contributed by atoms with van der Waals surface area (Å²) in [7, 11) is 0. The van der Waals surface area contributed by atoms with Crippen LogP contribution in [0, 0.1) is 6.92 Å². The number of anilines is 1. The van der Waals surface area contributed by atoms with Crippen molar-refractivity contribution >= 4 is 17.6 Å². The molecule has 2 amide bonds. The number of nitrogens with two attached hydrogens (primary N) is 2. The van der Waals surface area contributed by atoms with Gasteiger partial charge < -0.3 is 15.2 Å². The molecule has 2 aromatic rings. The summed E-state index contributed by atoms with van der Waals surface area (Å²) in [6.07, 6.45) is 1.86. The molecule has 0 bridgehead atoms. The predicted octanol–water partition coefficient (Wildman–Crippen LogP) is 0.383. The lowest BCUT2D eigenvalue weighted by Gasteiger charge is -2.25. The van der Waals surface area contributed by atoms with E-state index >= 15 is 0 Å². The van der Waals surface area contributed by atoms with Crippen LogP contribution in [0.25, 0.3) is 0 Å². The second kappa shape index (κ2) is 9.51. The Hall–Kier alpha value is -3.21. The minimum absolute atomic E-state index is 0.177. The molecule has 1 aromatic carbocycles. The molecule has 4 rings (SSSR count). The molecule has 1 fully saturated rings. The second-order valence-corrected chi connectivity index (χ2v) is 8.07. The fraction of sp³-hybridized carbons (Fsp3) is 0.409. The van der Waals surface area contributed by atoms with Crippen LogP contribution in [0.2, 0.25) is 0 Å². The number of nitrogens with zero attached hydrogens (tertiary/aromatic N) is 2. The van der Waals surface area contributed by atoms with Crippen LogP contribution in [0.4, 0.5) is 5.82 Å². The first-order valence-electron chi connectivity index (χ1n) is 10.6. The number of ether oxygens (including phenoxy) is 2.